The third-order valence-electron chi connectivity index (χ3n) is 14.5. The summed E-state index contributed by atoms with van der Waals surface area (Å²) < 4.78 is 39.4. The predicted molar refractivity (Wildman–Crippen MR) is 252 cm³/mol. The molecule has 5 aromatic rings. The van der Waals surface area contributed by atoms with E-state index in [0.717, 1.165) is 106 Å². The Morgan fingerprint density at radius 2 is 1.76 bits per heavy atom. The minimum Gasteiger partial charge on any atom is -0.490 e. The van der Waals surface area contributed by atoms with E-state index in [9.17, 15) is 18.4 Å². The maximum atomic E-state index is 14.7. The number of nitriles is 1. The fourth-order valence-electron chi connectivity index (χ4n) is 10.7. The van der Waals surface area contributed by atoms with E-state index in [1.807, 2.05) is 11.0 Å². The van der Waals surface area contributed by atoms with Gasteiger partial charge in [-0.15, -0.1) is 10.2 Å². The largest absolute Gasteiger partial charge is 0.490 e. The molecule has 2 aromatic carbocycles. The molecule has 5 aliphatic rings. The number of ether oxygens (including phenoxy) is 1. The van der Waals surface area contributed by atoms with Gasteiger partial charge >= 0.3 is 0 Å². The molecule has 3 aliphatic heterocycles. The molecule has 0 radical (unpaired) electrons. The number of amides is 2. The van der Waals surface area contributed by atoms with E-state index in [-0.39, 0.29) is 47.2 Å². The zero-order valence-electron chi connectivity index (χ0n) is 38.3. The number of nitrogens with zero attached hydrogens (tertiary/aromatic N) is 10. The third kappa shape index (κ3) is 9.41. The molecule has 2 amide bonds. The molecule has 0 unspecified atom stereocenters. The zero-order valence-corrected chi connectivity index (χ0v) is 39.1. The Morgan fingerprint density at radius 1 is 0.956 bits per heavy atom. The van der Waals surface area contributed by atoms with Crippen molar-refractivity contribution in [1.82, 2.24) is 44.9 Å². The Bertz CT molecular complexity index is 2810. The lowest BCUT2D eigenvalue weighted by Crippen LogP contribution is -2.48. The first-order valence-corrected chi connectivity index (χ1v) is 24.2. The summed E-state index contributed by atoms with van der Waals surface area (Å²) in [6.45, 7) is 5.22. The molecule has 0 bridgehead atoms. The molecule has 3 aromatic heterocycles. The summed E-state index contributed by atoms with van der Waals surface area (Å²) in [5.74, 6) is 8.01. The van der Waals surface area contributed by atoms with E-state index >= 15 is 0 Å². The van der Waals surface area contributed by atoms with Crippen molar-refractivity contribution >= 4 is 34.9 Å². The second-order valence-electron chi connectivity index (χ2n) is 18.9. The highest BCUT2D eigenvalue weighted by Crippen LogP contribution is 2.44. The van der Waals surface area contributed by atoms with Gasteiger partial charge in [-0.3, -0.25) is 19.0 Å². The van der Waals surface area contributed by atoms with Crippen LogP contribution in [0.3, 0.4) is 0 Å². The van der Waals surface area contributed by atoms with E-state index < -0.39 is 6.43 Å². The Labute approximate surface area is 399 Å². The van der Waals surface area contributed by atoms with Crippen LogP contribution in [0.1, 0.15) is 121 Å². The Kier molecular flexibility index (Phi) is 12.9. The number of benzene rings is 2. The average Bonchev–Trinajstić information content (AvgIpc) is 3.94. The lowest BCUT2D eigenvalue weighted by Gasteiger charge is -2.44. The first-order valence-electron chi connectivity index (χ1n) is 23.8. The first kappa shape index (κ1) is 45.4. The van der Waals surface area contributed by atoms with Gasteiger partial charge in [0.15, 0.2) is 11.5 Å². The van der Waals surface area contributed by atoms with Crippen molar-refractivity contribution in [3.05, 3.63) is 99.2 Å². The van der Waals surface area contributed by atoms with Gasteiger partial charge in [0.1, 0.15) is 17.5 Å². The lowest BCUT2D eigenvalue weighted by atomic mass is 9.79. The number of halogens is 3. The quantitative estimate of drug-likeness (QED) is 0.144. The molecule has 352 valence electrons. The topological polar surface area (TPSA) is 150 Å². The first-order chi connectivity index (χ1) is 33.0. The van der Waals surface area contributed by atoms with Crippen LogP contribution in [0, 0.1) is 29.1 Å². The highest BCUT2D eigenvalue weighted by Gasteiger charge is 2.38. The van der Waals surface area contributed by atoms with Crippen molar-refractivity contribution in [2.45, 2.75) is 115 Å². The fourth-order valence-corrected chi connectivity index (χ4v) is 10.9. The Morgan fingerprint density at radius 3 is 2.46 bits per heavy atom. The number of nitrogens with one attached hydrogen (secondary N) is 1. The SMILES string of the molecule is CC(=O)N1CCc2c(c(N3CCCc4cc(-c5cnn(C)c5)c(C(F)F)cc43)nn2C2CCN(C3CC(C#Cc4ccc(C(=O)NC5CCC(Oc6ccc(C#N)c(Cl)c6)CC5)nn4)C3)CC2)C1. The normalized spacial score (nSPS) is 21.8. The summed E-state index contributed by atoms with van der Waals surface area (Å²) in [6.07, 6.45) is 10.1. The van der Waals surface area contributed by atoms with Crippen LogP contribution < -0.4 is 15.0 Å². The molecule has 6 heterocycles. The van der Waals surface area contributed by atoms with Crippen molar-refractivity contribution in [3.8, 4) is 34.8 Å². The number of alkyl halides is 2. The van der Waals surface area contributed by atoms with Crippen LogP contribution in [-0.4, -0.2) is 95.7 Å². The molecule has 3 fully saturated rings. The van der Waals surface area contributed by atoms with E-state index in [1.54, 1.807) is 67.4 Å². The maximum Gasteiger partial charge on any atom is 0.272 e. The van der Waals surface area contributed by atoms with Crippen molar-refractivity contribution in [2.24, 2.45) is 13.0 Å². The monoisotopic (exact) mass is 941 g/mol. The fraction of sp³-hybridized carbons (Fsp3) is 0.471. The van der Waals surface area contributed by atoms with Gasteiger partial charge < -0.3 is 24.8 Å². The second kappa shape index (κ2) is 19.3. The van der Waals surface area contributed by atoms with Crippen LogP contribution >= 0.6 is 11.6 Å². The second-order valence-corrected chi connectivity index (χ2v) is 19.3. The zero-order chi connectivity index (χ0) is 47.1. The number of anilines is 2. The number of fused-ring (bicyclic) bond motifs is 2. The van der Waals surface area contributed by atoms with Gasteiger partial charge in [-0.25, -0.2) is 8.78 Å². The number of hydrogen-bond acceptors (Lipinski definition) is 10. The smallest absolute Gasteiger partial charge is 0.272 e. The number of hydrogen-bond donors (Lipinski definition) is 1. The standard InChI is InChI=1S/C51H54ClF2N11O3/c1-31(66)63-21-17-47-44(30-63)50(64-18-3-4-33-24-42(35-28-56-61(2)29-35)43(49(53)54)26-48(33)64)60-65(47)38-15-19-62(20-16-38)39-22-32(23-39)5-7-37-10-14-46(59-58-37)51(67)57-36-8-12-40(13-9-36)68-41-11-6-34(27-55)45(52)25-41/h6,10-11,14,24-26,28-29,32,36,38-40,49H,3-4,8-9,12-13,15-23,30H2,1-2H3,(H,57,67). The van der Waals surface area contributed by atoms with E-state index in [1.165, 1.54) is 0 Å². The highest BCUT2D eigenvalue weighted by molar-refractivity contribution is 6.31. The van der Waals surface area contributed by atoms with Crippen molar-refractivity contribution in [2.75, 3.05) is 31.1 Å². The summed E-state index contributed by atoms with van der Waals surface area (Å²) in [5, 5.41) is 30.6. The Balaban J connectivity index is 0.733. The molecule has 14 nitrogen and oxygen atoms in total. The van der Waals surface area contributed by atoms with E-state index in [4.69, 9.17) is 26.7 Å². The molecular weight excluding hydrogens is 888 g/mol. The minimum atomic E-state index is -2.66. The van der Waals surface area contributed by atoms with Gasteiger partial charge in [0.05, 0.1) is 35.5 Å². The summed E-state index contributed by atoms with van der Waals surface area (Å²) in [7, 11) is 1.79. The minimum absolute atomic E-state index is 0.00848. The average molecular weight is 943 g/mol. The van der Waals surface area contributed by atoms with Crippen LogP contribution in [0.4, 0.5) is 20.3 Å². The molecule has 2 saturated carbocycles. The Hall–Kier alpha value is -6.36. The van der Waals surface area contributed by atoms with Crippen LogP contribution in [0.5, 0.6) is 5.75 Å². The van der Waals surface area contributed by atoms with Crippen molar-refractivity contribution < 1.29 is 23.1 Å². The van der Waals surface area contributed by atoms with Gasteiger partial charge in [0.2, 0.25) is 5.91 Å². The molecule has 1 N–H and O–H groups in total. The molecule has 1 saturated heterocycles. The highest BCUT2D eigenvalue weighted by atomic mass is 35.5. The van der Waals surface area contributed by atoms with Gasteiger partial charge in [-0.1, -0.05) is 17.5 Å². The summed E-state index contributed by atoms with van der Waals surface area (Å²) in [5.41, 5.74) is 6.32. The third-order valence-corrected chi connectivity index (χ3v) is 14.8. The van der Waals surface area contributed by atoms with E-state index in [2.05, 4.69) is 53.0 Å². The number of likely N-dealkylation sites (tertiary alicyclic amines) is 1. The van der Waals surface area contributed by atoms with Crippen LogP contribution in [-0.2, 0) is 31.2 Å². The molecular formula is C51H54ClF2N11O3. The van der Waals surface area contributed by atoms with Gasteiger partial charge in [-0.05, 0) is 118 Å². The van der Waals surface area contributed by atoms with Gasteiger partial charge in [0.25, 0.3) is 12.3 Å². The molecule has 0 atom stereocenters. The van der Waals surface area contributed by atoms with Crippen molar-refractivity contribution in [3.63, 3.8) is 0 Å². The number of rotatable bonds is 9. The van der Waals surface area contributed by atoms with Crippen LogP contribution in [0.25, 0.3) is 11.1 Å². The van der Waals surface area contributed by atoms with Gasteiger partial charge in [-0.2, -0.15) is 15.5 Å². The molecule has 68 heavy (non-hydrogen) atoms. The number of carbonyl (C=O) groups is 2. The molecule has 10 rings (SSSR count). The van der Waals surface area contributed by atoms with E-state index in [0.29, 0.717) is 65.3 Å². The summed E-state index contributed by atoms with van der Waals surface area (Å²) in [4.78, 5) is 32.3. The maximum absolute atomic E-state index is 14.7. The molecule has 2 aliphatic carbocycles. The number of piperidine rings is 1. The number of aryl methyl sites for hydroxylation is 2. The summed E-state index contributed by atoms with van der Waals surface area (Å²) >= 11 is 6.16. The number of carbonyl (C=O) groups excluding carboxylic acids is 2. The van der Waals surface area contributed by atoms with Crippen molar-refractivity contribution in [1.29, 1.82) is 5.26 Å². The van der Waals surface area contributed by atoms with Crippen LogP contribution in [0.2, 0.25) is 5.02 Å². The summed E-state index contributed by atoms with van der Waals surface area (Å²) in [6, 6.07) is 14.8. The number of aromatic nitrogens is 6. The molecule has 17 heteroatoms. The molecule has 0 spiro atoms. The predicted octanol–water partition coefficient (Wildman–Crippen LogP) is 8.11. The van der Waals surface area contributed by atoms with Crippen LogP contribution in [0.15, 0.2) is 54.9 Å². The lowest BCUT2D eigenvalue weighted by molar-refractivity contribution is -0.129. The van der Waals surface area contributed by atoms with Gasteiger partial charge in [0, 0.05) is 105 Å².